The smallest absolute Gasteiger partial charge is 0.260 e. The van der Waals surface area contributed by atoms with Crippen molar-refractivity contribution in [1.82, 2.24) is 4.90 Å². The second-order valence-electron chi connectivity index (χ2n) is 4.51. The molecule has 0 fully saturated rings. The second kappa shape index (κ2) is 6.99. The van der Waals surface area contributed by atoms with Crippen LogP contribution in [0.2, 0.25) is 0 Å². The lowest BCUT2D eigenvalue weighted by Crippen LogP contribution is -2.39. The molecule has 0 bridgehead atoms. The minimum atomic E-state index is -0.137. The third kappa shape index (κ3) is 3.61. The van der Waals surface area contributed by atoms with Gasteiger partial charge in [-0.15, -0.1) is 0 Å². The zero-order chi connectivity index (χ0) is 14.4. The quantitative estimate of drug-likeness (QED) is 0.797. The van der Waals surface area contributed by atoms with E-state index in [1.165, 1.54) is 7.11 Å². The Kier molecular flexibility index (Phi) is 5.63. The molecule has 0 aliphatic carbocycles. The second-order valence-corrected chi connectivity index (χ2v) is 4.51. The Morgan fingerprint density at radius 1 is 1.37 bits per heavy atom. The maximum absolute atomic E-state index is 12.6. The third-order valence-corrected chi connectivity index (χ3v) is 2.91. The molecule has 0 atom stereocenters. The van der Waals surface area contributed by atoms with Gasteiger partial charge in [-0.3, -0.25) is 4.79 Å². The minimum Gasteiger partial charge on any atom is -0.496 e. The lowest BCUT2D eigenvalue weighted by molar-refractivity contribution is 0.0633. The molecule has 106 valence electrons. The predicted molar refractivity (Wildman–Crippen MR) is 75.5 cm³/mol. The first-order chi connectivity index (χ1) is 9.02. The Labute approximate surface area is 114 Å². The van der Waals surface area contributed by atoms with Crippen molar-refractivity contribution in [2.45, 2.75) is 19.9 Å². The maximum Gasteiger partial charge on any atom is 0.260 e. The number of nitrogens with zero attached hydrogens (tertiary/aromatic N) is 1. The molecular weight excluding hydrogens is 244 g/mol. The van der Waals surface area contributed by atoms with Crippen LogP contribution in [-0.2, 0) is 4.74 Å². The zero-order valence-electron chi connectivity index (χ0n) is 12.0. The highest BCUT2D eigenvalue weighted by Crippen LogP contribution is 2.26. The summed E-state index contributed by atoms with van der Waals surface area (Å²) in [6.07, 6.45) is 0. The Balaban J connectivity index is 3.09. The summed E-state index contributed by atoms with van der Waals surface area (Å²) in [5, 5.41) is 0. The normalized spacial score (nSPS) is 10.6. The van der Waals surface area contributed by atoms with Crippen LogP contribution >= 0.6 is 0 Å². The molecule has 0 saturated carbocycles. The number of ether oxygens (including phenoxy) is 2. The van der Waals surface area contributed by atoms with Crippen LogP contribution in [0.4, 0.5) is 5.69 Å². The maximum atomic E-state index is 12.6. The lowest BCUT2D eigenvalue weighted by atomic mass is 10.1. The van der Waals surface area contributed by atoms with Gasteiger partial charge in [0.2, 0.25) is 0 Å². The molecule has 0 radical (unpaired) electrons. The van der Waals surface area contributed by atoms with Gasteiger partial charge in [0.25, 0.3) is 5.91 Å². The fourth-order valence-corrected chi connectivity index (χ4v) is 1.87. The van der Waals surface area contributed by atoms with Gasteiger partial charge in [0.05, 0.1) is 13.7 Å². The van der Waals surface area contributed by atoms with Gasteiger partial charge in [0.1, 0.15) is 11.3 Å². The van der Waals surface area contributed by atoms with E-state index in [2.05, 4.69) is 0 Å². The molecule has 19 heavy (non-hydrogen) atoms. The lowest BCUT2D eigenvalue weighted by Gasteiger charge is -2.27. The molecule has 0 unspecified atom stereocenters. The van der Waals surface area contributed by atoms with Gasteiger partial charge in [-0.2, -0.15) is 0 Å². The van der Waals surface area contributed by atoms with Crippen LogP contribution in [-0.4, -0.2) is 44.2 Å². The van der Waals surface area contributed by atoms with Crippen molar-refractivity contribution in [3.05, 3.63) is 23.8 Å². The van der Waals surface area contributed by atoms with E-state index >= 15 is 0 Å². The number of hydrogen-bond donors (Lipinski definition) is 1. The third-order valence-electron chi connectivity index (χ3n) is 2.91. The van der Waals surface area contributed by atoms with Crippen LogP contribution < -0.4 is 10.5 Å². The van der Waals surface area contributed by atoms with E-state index in [0.29, 0.717) is 30.2 Å². The molecule has 0 aliphatic rings. The summed E-state index contributed by atoms with van der Waals surface area (Å²) in [5.41, 5.74) is 6.74. The number of anilines is 1. The highest BCUT2D eigenvalue weighted by molar-refractivity contribution is 6.02. The number of hydrogen-bond acceptors (Lipinski definition) is 4. The monoisotopic (exact) mass is 266 g/mol. The molecular formula is C14H22N2O3. The van der Waals surface area contributed by atoms with Gasteiger partial charge >= 0.3 is 0 Å². The summed E-state index contributed by atoms with van der Waals surface area (Å²) >= 11 is 0. The fourth-order valence-electron chi connectivity index (χ4n) is 1.87. The van der Waals surface area contributed by atoms with E-state index in [1.54, 1.807) is 30.2 Å². The number of nitrogens with two attached hydrogens (primary N) is 1. The first-order valence-electron chi connectivity index (χ1n) is 6.25. The first-order valence-corrected chi connectivity index (χ1v) is 6.25. The van der Waals surface area contributed by atoms with E-state index in [1.807, 2.05) is 13.8 Å². The number of carbonyl (C=O) groups is 1. The van der Waals surface area contributed by atoms with E-state index in [4.69, 9.17) is 15.2 Å². The minimum absolute atomic E-state index is 0.0620. The highest BCUT2D eigenvalue weighted by Gasteiger charge is 2.23. The standard InChI is InChI=1S/C14H22N2O3/c1-10(2)16(8-9-18-3)14(17)13-11(15)6-5-7-12(13)19-4/h5-7,10H,8-9,15H2,1-4H3. The Bertz CT molecular complexity index is 433. The van der Waals surface area contributed by atoms with Crippen LogP contribution in [0.25, 0.3) is 0 Å². The van der Waals surface area contributed by atoms with Gasteiger partial charge in [-0.1, -0.05) is 6.07 Å². The first kappa shape index (κ1) is 15.3. The van der Waals surface area contributed by atoms with E-state index in [9.17, 15) is 4.79 Å². The Hall–Kier alpha value is -1.75. The van der Waals surface area contributed by atoms with Gasteiger partial charge in [0.15, 0.2) is 0 Å². The van der Waals surface area contributed by atoms with Crippen molar-refractivity contribution in [3.8, 4) is 5.75 Å². The van der Waals surface area contributed by atoms with Gasteiger partial charge in [-0.25, -0.2) is 0 Å². The number of methoxy groups -OCH3 is 2. The molecule has 0 spiro atoms. The van der Waals surface area contributed by atoms with Crippen LogP contribution in [0.5, 0.6) is 5.75 Å². The Morgan fingerprint density at radius 2 is 2.05 bits per heavy atom. The number of rotatable bonds is 6. The summed E-state index contributed by atoms with van der Waals surface area (Å²) in [6.45, 7) is 4.92. The summed E-state index contributed by atoms with van der Waals surface area (Å²) in [4.78, 5) is 14.3. The topological polar surface area (TPSA) is 64.8 Å². The molecule has 0 saturated heterocycles. The molecule has 1 aromatic rings. The molecule has 0 heterocycles. The van der Waals surface area contributed by atoms with Gasteiger partial charge in [0, 0.05) is 25.4 Å². The highest BCUT2D eigenvalue weighted by atomic mass is 16.5. The Morgan fingerprint density at radius 3 is 2.58 bits per heavy atom. The van der Waals surface area contributed by atoms with Crippen molar-refractivity contribution in [2.75, 3.05) is 33.1 Å². The van der Waals surface area contributed by atoms with E-state index in [-0.39, 0.29) is 11.9 Å². The molecule has 2 N–H and O–H groups in total. The molecule has 5 heteroatoms. The van der Waals surface area contributed by atoms with Crippen molar-refractivity contribution >= 4 is 11.6 Å². The average molecular weight is 266 g/mol. The average Bonchev–Trinajstić information content (AvgIpc) is 2.38. The number of benzene rings is 1. The van der Waals surface area contributed by atoms with Crippen molar-refractivity contribution in [2.24, 2.45) is 0 Å². The van der Waals surface area contributed by atoms with Gasteiger partial charge < -0.3 is 20.1 Å². The molecule has 1 amide bonds. The molecule has 5 nitrogen and oxygen atoms in total. The molecule has 1 aromatic carbocycles. The summed E-state index contributed by atoms with van der Waals surface area (Å²) < 4.78 is 10.3. The van der Waals surface area contributed by atoms with E-state index in [0.717, 1.165) is 0 Å². The van der Waals surface area contributed by atoms with Crippen LogP contribution in [0.3, 0.4) is 0 Å². The van der Waals surface area contributed by atoms with E-state index < -0.39 is 0 Å². The largest absolute Gasteiger partial charge is 0.496 e. The molecule has 0 aromatic heterocycles. The SMILES string of the molecule is COCCN(C(=O)c1c(N)cccc1OC)C(C)C. The van der Waals surface area contributed by atoms with Crippen molar-refractivity contribution in [1.29, 1.82) is 0 Å². The summed E-state index contributed by atoms with van der Waals surface area (Å²) in [5.74, 6) is 0.357. The van der Waals surface area contributed by atoms with Crippen LogP contribution in [0.15, 0.2) is 18.2 Å². The van der Waals surface area contributed by atoms with Crippen molar-refractivity contribution in [3.63, 3.8) is 0 Å². The fraction of sp³-hybridized carbons (Fsp3) is 0.500. The number of nitrogen functional groups attached to an aromatic ring is 1. The van der Waals surface area contributed by atoms with Crippen LogP contribution in [0, 0.1) is 0 Å². The summed E-state index contributed by atoms with van der Waals surface area (Å²) in [7, 11) is 3.14. The molecule has 0 aliphatic heterocycles. The zero-order valence-corrected chi connectivity index (χ0v) is 12.0. The number of amides is 1. The van der Waals surface area contributed by atoms with Crippen molar-refractivity contribution < 1.29 is 14.3 Å². The van der Waals surface area contributed by atoms with Gasteiger partial charge in [-0.05, 0) is 26.0 Å². The number of carbonyl (C=O) groups excluding carboxylic acids is 1. The predicted octanol–water partition coefficient (Wildman–Crippen LogP) is 1.77. The van der Waals surface area contributed by atoms with Crippen LogP contribution in [0.1, 0.15) is 24.2 Å². The summed E-state index contributed by atoms with van der Waals surface area (Å²) in [6, 6.07) is 5.26. The molecule has 1 rings (SSSR count).